The zero-order valence-electron chi connectivity index (χ0n) is 11.3. The van der Waals surface area contributed by atoms with Crippen molar-refractivity contribution in [2.24, 2.45) is 0 Å². The maximum atomic E-state index is 5.32. The molecule has 3 nitrogen and oxygen atoms in total. The molecule has 1 saturated heterocycles. The molecule has 1 aliphatic heterocycles. The maximum absolute atomic E-state index is 5.32. The number of thioether (sulfide) groups is 1. The normalized spacial score (nSPS) is 22.7. The Kier molecular flexibility index (Phi) is 4.92. The summed E-state index contributed by atoms with van der Waals surface area (Å²) in [6.07, 6.45) is 0. The van der Waals surface area contributed by atoms with Gasteiger partial charge in [-0.15, -0.1) is 0 Å². The summed E-state index contributed by atoms with van der Waals surface area (Å²) in [7, 11) is 5.97. The van der Waals surface area contributed by atoms with Gasteiger partial charge in [-0.3, -0.25) is 4.90 Å². The number of nitrogens with one attached hydrogen (secondary N) is 1. The van der Waals surface area contributed by atoms with Gasteiger partial charge in [0.15, 0.2) is 0 Å². The van der Waals surface area contributed by atoms with Crippen LogP contribution in [-0.2, 0) is 0 Å². The van der Waals surface area contributed by atoms with Gasteiger partial charge in [0.2, 0.25) is 0 Å². The number of ether oxygens (including phenoxy) is 1. The van der Waals surface area contributed by atoms with Crippen LogP contribution in [0.2, 0.25) is 0 Å². The van der Waals surface area contributed by atoms with Crippen LogP contribution in [-0.4, -0.2) is 50.2 Å². The van der Waals surface area contributed by atoms with Crippen molar-refractivity contribution in [3.63, 3.8) is 0 Å². The fourth-order valence-corrected chi connectivity index (χ4v) is 3.74. The molecule has 0 radical (unpaired) electrons. The van der Waals surface area contributed by atoms with Crippen molar-refractivity contribution < 1.29 is 4.74 Å². The highest BCUT2D eigenvalue weighted by Gasteiger charge is 2.28. The minimum absolute atomic E-state index is 0.359. The van der Waals surface area contributed by atoms with Gasteiger partial charge in [-0.1, -0.05) is 12.1 Å². The lowest BCUT2D eigenvalue weighted by Gasteiger charge is -2.38. The summed E-state index contributed by atoms with van der Waals surface area (Å²) in [6.45, 7) is 1.16. The monoisotopic (exact) mass is 266 g/mol. The molecule has 1 N–H and O–H groups in total. The highest BCUT2D eigenvalue weighted by molar-refractivity contribution is 7.99. The molecule has 0 spiro atoms. The minimum atomic E-state index is 0.359. The van der Waals surface area contributed by atoms with Crippen LogP contribution in [0.25, 0.3) is 0 Å². The van der Waals surface area contributed by atoms with Crippen molar-refractivity contribution in [2.75, 3.05) is 39.3 Å². The molecule has 2 unspecified atom stereocenters. The third kappa shape index (κ3) is 2.99. The Labute approximate surface area is 114 Å². The molecule has 100 valence electrons. The lowest BCUT2D eigenvalue weighted by Crippen LogP contribution is -2.47. The summed E-state index contributed by atoms with van der Waals surface area (Å²) in [5.41, 5.74) is 1.30. The van der Waals surface area contributed by atoms with E-state index in [4.69, 9.17) is 4.74 Å². The molecule has 1 aliphatic rings. The molecule has 1 aromatic carbocycles. The average molecular weight is 266 g/mol. The topological polar surface area (TPSA) is 24.5 Å². The number of rotatable bonds is 4. The lowest BCUT2D eigenvalue weighted by molar-refractivity contribution is 0.221. The molecule has 18 heavy (non-hydrogen) atoms. The van der Waals surface area contributed by atoms with Gasteiger partial charge in [-0.2, -0.15) is 11.8 Å². The number of hydrogen-bond acceptors (Lipinski definition) is 4. The maximum Gasteiger partial charge on any atom is 0.119 e. The van der Waals surface area contributed by atoms with Crippen LogP contribution in [0, 0.1) is 0 Å². The standard InChI is InChI=1S/C14H22N2OS/c1-15-14(13-10-18-8-7-16(13)2)11-5-4-6-12(9-11)17-3/h4-6,9,13-15H,7-8,10H2,1-3H3. The van der Waals surface area contributed by atoms with Gasteiger partial charge in [0, 0.05) is 30.1 Å². The molecule has 0 aliphatic carbocycles. The van der Waals surface area contributed by atoms with Gasteiger partial charge in [-0.25, -0.2) is 0 Å². The Hall–Kier alpha value is -0.710. The Balaban J connectivity index is 2.20. The summed E-state index contributed by atoms with van der Waals surface area (Å²) in [6, 6.07) is 9.27. The first-order valence-electron chi connectivity index (χ1n) is 6.35. The fourth-order valence-electron chi connectivity index (χ4n) is 2.47. The molecule has 4 heteroatoms. The zero-order valence-corrected chi connectivity index (χ0v) is 12.2. The fraction of sp³-hybridized carbons (Fsp3) is 0.571. The van der Waals surface area contributed by atoms with Gasteiger partial charge in [-0.05, 0) is 31.8 Å². The molecule has 0 bridgehead atoms. The number of likely N-dealkylation sites (N-methyl/N-ethyl adjacent to an activating group) is 2. The van der Waals surface area contributed by atoms with E-state index in [-0.39, 0.29) is 0 Å². The molecule has 2 atom stereocenters. The zero-order chi connectivity index (χ0) is 13.0. The van der Waals surface area contributed by atoms with Crippen LogP contribution >= 0.6 is 11.8 Å². The largest absolute Gasteiger partial charge is 0.497 e. The smallest absolute Gasteiger partial charge is 0.119 e. The Morgan fingerprint density at radius 1 is 1.50 bits per heavy atom. The highest BCUT2D eigenvalue weighted by Crippen LogP contribution is 2.28. The summed E-state index contributed by atoms with van der Waals surface area (Å²) in [5.74, 6) is 3.35. The SMILES string of the molecule is CNC(c1cccc(OC)c1)C1CSCCN1C. The predicted octanol–water partition coefficient (Wildman–Crippen LogP) is 2.00. The van der Waals surface area contributed by atoms with Crippen molar-refractivity contribution in [1.29, 1.82) is 0 Å². The third-order valence-corrected chi connectivity index (χ3v) is 4.64. The van der Waals surface area contributed by atoms with E-state index in [1.807, 2.05) is 24.9 Å². The molecule has 2 rings (SSSR count). The van der Waals surface area contributed by atoms with E-state index >= 15 is 0 Å². The Bertz CT molecular complexity index is 386. The number of methoxy groups -OCH3 is 1. The van der Waals surface area contributed by atoms with Crippen LogP contribution < -0.4 is 10.1 Å². The summed E-state index contributed by atoms with van der Waals surface area (Å²) < 4.78 is 5.32. The summed E-state index contributed by atoms with van der Waals surface area (Å²) >= 11 is 2.04. The second-order valence-electron chi connectivity index (χ2n) is 4.67. The average Bonchev–Trinajstić information content (AvgIpc) is 2.42. The minimum Gasteiger partial charge on any atom is -0.497 e. The number of nitrogens with zero attached hydrogens (tertiary/aromatic N) is 1. The molecular weight excluding hydrogens is 244 g/mol. The lowest BCUT2D eigenvalue weighted by atomic mass is 9.99. The van der Waals surface area contributed by atoms with Crippen LogP contribution in [0.4, 0.5) is 0 Å². The summed E-state index contributed by atoms with van der Waals surface area (Å²) in [4.78, 5) is 2.46. The molecule has 1 fully saturated rings. The summed E-state index contributed by atoms with van der Waals surface area (Å²) in [5, 5.41) is 3.46. The van der Waals surface area contributed by atoms with E-state index in [0.717, 1.165) is 12.3 Å². The first-order valence-corrected chi connectivity index (χ1v) is 7.51. The molecule has 0 amide bonds. The predicted molar refractivity (Wildman–Crippen MR) is 78.5 cm³/mol. The van der Waals surface area contributed by atoms with Crippen molar-refractivity contribution in [3.05, 3.63) is 29.8 Å². The Morgan fingerprint density at radius 2 is 2.33 bits per heavy atom. The van der Waals surface area contributed by atoms with Crippen molar-refractivity contribution >= 4 is 11.8 Å². The van der Waals surface area contributed by atoms with Gasteiger partial charge in [0.1, 0.15) is 5.75 Å². The van der Waals surface area contributed by atoms with Crippen molar-refractivity contribution in [2.45, 2.75) is 12.1 Å². The van der Waals surface area contributed by atoms with Gasteiger partial charge < -0.3 is 10.1 Å². The van der Waals surface area contributed by atoms with E-state index < -0.39 is 0 Å². The number of benzene rings is 1. The van der Waals surface area contributed by atoms with Crippen LogP contribution in [0.1, 0.15) is 11.6 Å². The van der Waals surface area contributed by atoms with Gasteiger partial charge >= 0.3 is 0 Å². The first kappa shape index (κ1) is 13.7. The van der Waals surface area contributed by atoms with Gasteiger partial charge in [0.25, 0.3) is 0 Å². The quantitative estimate of drug-likeness (QED) is 0.901. The molecule has 0 saturated carbocycles. The van der Waals surface area contributed by atoms with Crippen LogP contribution in [0.5, 0.6) is 5.75 Å². The number of hydrogen-bond donors (Lipinski definition) is 1. The van der Waals surface area contributed by atoms with Crippen molar-refractivity contribution in [3.8, 4) is 5.75 Å². The molecule has 1 aromatic rings. The molecule has 1 heterocycles. The first-order chi connectivity index (χ1) is 8.76. The highest BCUT2D eigenvalue weighted by atomic mass is 32.2. The van der Waals surface area contributed by atoms with E-state index in [0.29, 0.717) is 12.1 Å². The molecule has 0 aromatic heterocycles. The van der Waals surface area contributed by atoms with E-state index in [1.54, 1.807) is 7.11 Å². The second-order valence-corrected chi connectivity index (χ2v) is 5.82. The molecular formula is C14H22N2OS. The van der Waals surface area contributed by atoms with E-state index in [9.17, 15) is 0 Å². The third-order valence-electron chi connectivity index (χ3n) is 3.59. The van der Waals surface area contributed by atoms with E-state index in [1.165, 1.54) is 17.1 Å². The van der Waals surface area contributed by atoms with Crippen LogP contribution in [0.3, 0.4) is 0 Å². The van der Waals surface area contributed by atoms with Gasteiger partial charge in [0.05, 0.1) is 7.11 Å². The second kappa shape index (κ2) is 6.45. The Morgan fingerprint density at radius 3 is 3.00 bits per heavy atom. The van der Waals surface area contributed by atoms with Crippen LogP contribution in [0.15, 0.2) is 24.3 Å². The van der Waals surface area contributed by atoms with E-state index in [2.05, 4.69) is 35.5 Å². The van der Waals surface area contributed by atoms with Crippen molar-refractivity contribution in [1.82, 2.24) is 10.2 Å².